The molecule has 1 amide bonds. The molecule has 0 radical (unpaired) electrons. The zero-order chi connectivity index (χ0) is 25.1. The molecule has 0 saturated carbocycles. The van der Waals surface area contributed by atoms with Crippen molar-refractivity contribution in [3.05, 3.63) is 83.1 Å². The normalized spacial score (nSPS) is 18.9. The topological polar surface area (TPSA) is 68.8 Å². The molecule has 2 aliphatic heterocycles. The number of carbonyl (C=O) groups is 1. The average Bonchev–Trinajstić information content (AvgIpc) is 3.50. The number of halogens is 4. The van der Waals surface area contributed by atoms with Gasteiger partial charge in [-0.1, -0.05) is 0 Å². The molecule has 2 aromatic carbocycles. The monoisotopic (exact) mass is 496 g/mol. The maximum Gasteiger partial charge on any atom is 0.254 e. The van der Waals surface area contributed by atoms with E-state index in [0.29, 0.717) is 29.8 Å². The van der Waals surface area contributed by atoms with Crippen molar-refractivity contribution in [1.29, 1.82) is 0 Å². The van der Waals surface area contributed by atoms with Crippen LogP contribution in [0.15, 0.2) is 43.0 Å². The number of hydrogen-bond acceptors (Lipinski definition) is 4. The van der Waals surface area contributed by atoms with Crippen LogP contribution in [-0.4, -0.2) is 41.4 Å². The second kappa shape index (κ2) is 8.28. The van der Waals surface area contributed by atoms with E-state index in [1.807, 2.05) is 0 Å². The molecule has 4 heterocycles. The van der Waals surface area contributed by atoms with E-state index in [1.165, 1.54) is 40.1 Å². The van der Waals surface area contributed by atoms with Crippen molar-refractivity contribution in [2.45, 2.75) is 37.8 Å². The molecule has 2 bridgehead atoms. The zero-order valence-electron chi connectivity index (χ0n) is 19.1. The number of fused-ring (bicyclic) bond motifs is 4. The highest BCUT2D eigenvalue weighted by atomic mass is 19.2. The SMILES string of the molecule is Cn1nc2c(c1-c1cc(F)c(F)c(F)c1)CC1CCCC2N1C(=O)c1ccc(F)c(-n2cnnc2)c1. The van der Waals surface area contributed by atoms with Crippen molar-refractivity contribution in [3.8, 4) is 16.9 Å². The summed E-state index contributed by atoms with van der Waals surface area (Å²) in [6.07, 6.45) is 5.43. The summed E-state index contributed by atoms with van der Waals surface area (Å²) in [7, 11) is 1.66. The van der Waals surface area contributed by atoms with Crippen LogP contribution in [0.5, 0.6) is 0 Å². The molecule has 2 aliphatic rings. The summed E-state index contributed by atoms with van der Waals surface area (Å²) < 4.78 is 59.0. The Bertz CT molecular complexity index is 1480. The summed E-state index contributed by atoms with van der Waals surface area (Å²) in [6, 6.07) is 5.57. The van der Waals surface area contributed by atoms with E-state index >= 15 is 0 Å². The molecule has 2 unspecified atom stereocenters. The van der Waals surface area contributed by atoms with Gasteiger partial charge >= 0.3 is 0 Å². The highest BCUT2D eigenvalue weighted by Crippen LogP contribution is 2.45. The van der Waals surface area contributed by atoms with Gasteiger partial charge in [-0.2, -0.15) is 5.10 Å². The minimum Gasteiger partial charge on any atom is -0.327 e. The number of benzene rings is 2. The van der Waals surface area contributed by atoms with Gasteiger partial charge < -0.3 is 4.90 Å². The van der Waals surface area contributed by atoms with Crippen LogP contribution in [0.3, 0.4) is 0 Å². The van der Waals surface area contributed by atoms with E-state index in [2.05, 4.69) is 15.3 Å². The lowest BCUT2D eigenvalue weighted by Crippen LogP contribution is -2.49. The zero-order valence-corrected chi connectivity index (χ0v) is 19.1. The van der Waals surface area contributed by atoms with Crippen LogP contribution < -0.4 is 0 Å². The molecule has 7 nitrogen and oxygen atoms in total. The molecular weight excluding hydrogens is 476 g/mol. The van der Waals surface area contributed by atoms with Crippen LogP contribution in [0.25, 0.3) is 16.9 Å². The average molecular weight is 496 g/mol. The van der Waals surface area contributed by atoms with Crippen LogP contribution in [0.4, 0.5) is 17.6 Å². The fraction of sp³-hybridized carbons (Fsp3) is 0.280. The van der Waals surface area contributed by atoms with Gasteiger partial charge in [0.15, 0.2) is 17.5 Å². The summed E-state index contributed by atoms with van der Waals surface area (Å²) in [5.41, 5.74) is 2.63. The molecule has 1 saturated heterocycles. The van der Waals surface area contributed by atoms with Crippen molar-refractivity contribution >= 4 is 5.91 Å². The predicted octanol–water partition coefficient (Wildman–Crippen LogP) is 4.52. The van der Waals surface area contributed by atoms with Gasteiger partial charge in [-0.3, -0.25) is 14.0 Å². The first-order valence-corrected chi connectivity index (χ1v) is 11.5. The Labute approximate surface area is 203 Å². The maximum absolute atomic E-state index is 14.5. The summed E-state index contributed by atoms with van der Waals surface area (Å²) >= 11 is 0. The fourth-order valence-corrected chi connectivity index (χ4v) is 5.52. The van der Waals surface area contributed by atoms with Crippen molar-refractivity contribution in [1.82, 2.24) is 29.4 Å². The second-order valence-electron chi connectivity index (χ2n) is 9.14. The summed E-state index contributed by atoms with van der Waals surface area (Å²) in [5.74, 6) is -4.83. The highest BCUT2D eigenvalue weighted by molar-refractivity contribution is 5.95. The summed E-state index contributed by atoms with van der Waals surface area (Å²) in [5, 5.41) is 12.0. The largest absolute Gasteiger partial charge is 0.327 e. The number of nitrogens with zero attached hydrogens (tertiary/aromatic N) is 6. The van der Waals surface area contributed by atoms with Gasteiger partial charge in [-0.15, -0.1) is 10.2 Å². The Kier molecular flexibility index (Phi) is 5.16. The molecule has 184 valence electrons. The Hall–Kier alpha value is -4.02. The molecule has 2 atom stereocenters. The van der Waals surface area contributed by atoms with E-state index in [-0.39, 0.29) is 29.2 Å². The van der Waals surface area contributed by atoms with Gasteiger partial charge in [0.1, 0.15) is 18.5 Å². The van der Waals surface area contributed by atoms with Gasteiger partial charge in [0.25, 0.3) is 5.91 Å². The first-order valence-electron chi connectivity index (χ1n) is 11.5. The number of carbonyl (C=O) groups excluding carboxylic acids is 1. The van der Waals surface area contributed by atoms with Gasteiger partial charge in [-0.25, -0.2) is 17.6 Å². The van der Waals surface area contributed by atoms with Gasteiger partial charge in [0.05, 0.1) is 23.1 Å². The molecule has 36 heavy (non-hydrogen) atoms. The van der Waals surface area contributed by atoms with Crippen molar-refractivity contribution in [2.24, 2.45) is 7.05 Å². The number of aromatic nitrogens is 5. The van der Waals surface area contributed by atoms with Crippen molar-refractivity contribution < 1.29 is 22.4 Å². The second-order valence-corrected chi connectivity index (χ2v) is 9.14. The molecule has 4 aromatic rings. The fourth-order valence-electron chi connectivity index (χ4n) is 5.52. The molecule has 11 heteroatoms. The summed E-state index contributed by atoms with van der Waals surface area (Å²) in [4.78, 5) is 15.5. The molecular formula is C25H20F4N6O. The lowest BCUT2D eigenvalue weighted by molar-refractivity contribution is 0.0392. The minimum absolute atomic E-state index is 0.161. The molecule has 2 aromatic heterocycles. The Morgan fingerprint density at radius 2 is 1.69 bits per heavy atom. The number of piperidine rings is 1. The number of aryl methyl sites for hydroxylation is 1. The molecule has 6 rings (SSSR count). The Morgan fingerprint density at radius 3 is 2.42 bits per heavy atom. The number of rotatable bonds is 3. The Balaban J connectivity index is 1.41. The first kappa shape index (κ1) is 22.4. The minimum atomic E-state index is -1.52. The lowest BCUT2D eigenvalue weighted by Gasteiger charge is -2.45. The van der Waals surface area contributed by atoms with Crippen LogP contribution in [0.2, 0.25) is 0 Å². The number of hydrogen-bond donors (Lipinski definition) is 0. The van der Waals surface area contributed by atoms with Gasteiger partial charge in [0.2, 0.25) is 0 Å². The van der Waals surface area contributed by atoms with Crippen molar-refractivity contribution in [2.75, 3.05) is 0 Å². The lowest BCUT2D eigenvalue weighted by atomic mass is 9.81. The van der Waals surface area contributed by atoms with E-state index < -0.39 is 23.3 Å². The van der Waals surface area contributed by atoms with Crippen molar-refractivity contribution in [3.63, 3.8) is 0 Å². The van der Waals surface area contributed by atoms with E-state index in [9.17, 15) is 22.4 Å². The Morgan fingerprint density at radius 1 is 0.972 bits per heavy atom. The van der Waals surface area contributed by atoms with Crippen LogP contribution >= 0.6 is 0 Å². The van der Waals surface area contributed by atoms with Crippen LogP contribution in [-0.2, 0) is 13.5 Å². The van der Waals surface area contributed by atoms with Crippen LogP contribution in [0.1, 0.15) is 46.9 Å². The van der Waals surface area contributed by atoms with E-state index in [4.69, 9.17) is 0 Å². The predicted molar refractivity (Wildman–Crippen MR) is 120 cm³/mol. The highest BCUT2D eigenvalue weighted by Gasteiger charge is 2.43. The quantitative estimate of drug-likeness (QED) is 0.309. The van der Waals surface area contributed by atoms with Gasteiger partial charge in [-0.05, 0) is 56.0 Å². The third kappa shape index (κ3) is 3.41. The van der Waals surface area contributed by atoms with Crippen LogP contribution in [0, 0.1) is 23.3 Å². The smallest absolute Gasteiger partial charge is 0.254 e. The molecule has 0 aliphatic carbocycles. The maximum atomic E-state index is 14.5. The standard InChI is InChI=1S/C25H20F4N6O/c1-33-24(14-7-18(27)22(29)19(28)8-14)16-10-15-3-2-4-20(23(16)32-33)35(15)25(36)13-5-6-17(26)21(9-13)34-11-30-31-12-34/h5-9,11-12,15,20H,2-4,10H2,1H3. The third-order valence-corrected chi connectivity index (χ3v) is 7.06. The summed E-state index contributed by atoms with van der Waals surface area (Å²) in [6.45, 7) is 0. The number of amides is 1. The third-order valence-electron chi connectivity index (χ3n) is 7.06. The molecule has 0 spiro atoms. The first-order chi connectivity index (χ1) is 17.3. The molecule has 0 N–H and O–H groups in total. The van der Waals surface area contributed by atoms with E-state index in [1.54, 1.807) is 11.9 Å². The van der Waals surface area contributed by atoms with Gasteiger partial charge in [0, 0.05) is 29.8 Å². The van der Waals surface area contributed by atoms with E-state index in [0.717, 1.165) is 30.5 Å². The molecule has 1 fully saturated rings.